The topological polar surface area (TPSA) is 106 Å². The first-order valence-electron chi connectivity index (χ1n) is 9.13. The van der Waals surface area contributed by atoms with Crippen LogP contribution < -0.4 is 4.74 Å². The van der Waals surface area contributed by atoms with Gasteiger partial charge in [0, 0.05) is 0 Å². The van der Waals surface area contributed by atoms with Crippen molar-refractivity contribution in [3.05, 3.63) is 75.8 Å². The van der Waals surface area contributed by atoms with Gasteiger partial charge in [-0.2, -0.15) is 0 Å². The molecule has 29 heavy (non-hydrogen) atoms. The highest BCUT2D eigenvalue weighted by atomic mass is 17.0. The van der Waals surface area contributed by atoms with Crippen LogP contribution in [0, 0.1) is 10.1 Å². The normalized spacial score (nSPS) is 25.2. The lowest BCUT2D eigenvalue weighted by atomic mass is 10.1. The van der Waals surface area contributed by atoms with Gasteiger partial charge in [0.15, 0.2) is 12.2 Å². The summed E-state index contributed by atoms with van der Waals surface area (Å²) in [5.74, 6) is -0.177. The summed E-state index contributed by atoms with van der Waals surface area (Å²) < 4.78 is 22.4. The number of hydrogen-bond donors (Lipinski definition) is 0. The molecule has 2 aromatic rings. The maximum Gasteiger partial charge on any atom is 0.342 e. The average Bonchev–Trinajstić information content (AvgIpc) is 3.30. The van der Waals surface area contributed by atoms with Crippen LogP contribution in [0.5, 0.6) is 5.75 Å². The van der Waals surface area contributed by atoms with E-state index < -0.39 is 35.5 Å². The summed E-state index contributed by atoms with van der Waals surface area (Å²) in [5.41, 5.74) is 1.25. The maximum atomic E-state index is 12.7. The highest BCUT2D eigenvalue weighted by molar-refractivity contribution is 5.92. The number of ether oxygens (including phenoxy) is 4. The molecular weight excluding hydrogens is 382 g/mol. The first-order valence-corrected chi connectivity index (χ1v) is 9.13. The first-order chi connectivity index (χ1) is 14.1. The van der Waals surface area contributed by atoms with Crippen molar-refractivity contribution in [2.24, 2.45) is 0 Å². The quantitative estimate of drug-likeness (QED) is 0.395. The maximum absolute atomic E-state index is 12.7. The lowest BCUT2D eigenvalue weighted by Crippen LogP contribution is -2.35. The fourth-order valence-corrected chi connectivity index (χ4v) is 3.43. The molecule has 2 heterocycles. The standard InChI is InChI=1S/C20H19NO8/c22-20(28-16-11-26-19-17(29-21(23)24)12-27-18(16)19)14-8-4-5-9-15(14)25-10-13-6-2-1-3-7-13/h1-9,16-19H,10-12H2/t16-,17?,18+,19+/m0/s1. The molecule has 0 bridgehead atoms. The minimum Gasteiger partial charge on any atom is -0.488 e. The Morgan fingerprint density at radius 2 is 1.66 bits per heavy atom. The molecule has 2 fully saturated rings. The summed E-state index contributed by atoms with van der Waals surface area (Å²) in [6, 6.07) is 16.4. The highest BCUT2D eigenvalue weighted by Crippen LogP contribution is 2.31. The van der Waals surface area contributed by atoms with Gasteiger partial charge in [0.25, 0.3) is 5.09 Å². The number of esters is 1. The van der Waals surface area contributed by atoms with Crippen LogP contribution in [0.4, 0.5) is 0 Å². The van der Waals surface area contributed by atoms with E-state index in [-0.39, 0.29) is 18.8 Å². The van der Waals surface area contributed by atoms with Gasteiger partial charge in [-0.05, 0) is 17.7 Å². The highest BCUT2D eigenvalue weighted by Gasteiger charge is 2.51. The molecule has 0 aliphatic carbocycles. The zero-order chi connectivity index (χ0) is 20.2. The summed E-state index contributed by atoms with van der Waals surface area (Å²) in [5, 5.41) is 9.69. The van der Waals surface area contributed by atoms with Crippen molar-refractivity contribution >= 4 is 5.97 Å². The lowest BCUT2D eigenvalue weighted by Gasteiger charge is -2.18. The van der Waals surface area contributed by atoms with E-state index in [1.807, 2.05) is 30.3 Å². The van der Waals surface area contributed by atoms with E-state index in [1.54, 1.807) is 24.3 Å². The van der Waals surface area contributed by atoms with Crippen molar-refractivity contribution in [2.75, 3.05) is 13.2 Å². The summed E-state index contributed by atoms with van der Waals surface area (Å²) in [6.45, 7) is 0.387. The minimum absolute atomic E-state index is 0.00113. The molecule has 0 saturated carbocycles. The Morgan fingerprint density at radius 3 is 2.41 bits per heavy atom. The zero-order valence-corrected chi connectivity index (χ0v) is 15.3. The molecule has 9 heteroatoms. The second kappa shape index (κ2) is 8.46. The Balaban J connectivity index is 1.40. The Morgan fingerprint density at radius 1 is 1.00 bits per heavy atom. The van der Waals surface area contributed by atoms with Gasteiger partial charge < -0.3 is 23.8 Å². The fraction of sp³-hybridized carbons (Fsp3) is 0.350. The molecule has 1 unspecified atom stereocenters. The fourth-order valence-electron chi connectivity index (χ4n) is 3.43. The second-order valence-corrected chi connectivity index (χ2v) is 6.68. The van der Waals surface area contributed by atoms with E-state index in [0.717, 1.165) is 5.56 Å². The van der Waals surface area contributed by atoms with E-state index in [1.165, 1.54) is 0 Å². The van der Waals surface area contributed by atoms with Gasteiger partial charge in [-0.1, -0.05) is 42.5 Å². The van der Waals surface area contributed by atoms with Crippen LogP contribution in [0.25, 0.3) is 0 Å². The largest absolute Gasteiger partial charge is 0.488 e. The molecule has 4 rings (SSSR count). The van der Waals surface area contributed by atoms with Crippen LogP contribution in [0.1, 0.15) is 15.9 Å². The number of para-hydroxylation sites is 1. The Bertz CT molecular complexity index is 874. The molecular formula is C20H19NO8. The molecule has 2 aliphatic heterocycles. The van der Waals surface area contributed by atoms with Crippen LogP contribution in [0.3, 0.4) is 0 Å². The van der Waals surface area contributed by atoms with Crippen LogP contribution in [0.15, 0.2) is 54.6 Å². The van der Waals surface area contributed by atoms with E-state index in [2.05, 4.69) is 4.84 Å². The zero-order valence-electron chi connectivity index (χ0n) is 15.3. The van der Waals surface area contributed by atoms with Gasteiger partial charge in [-0.3, -0.25) is 0 Å². The second-order valence-electron chi connectivity index (χ2n) is 6.68. The van der Waals surface area contributed by atoms with Crippen molar-refractivity contribution in [3.63, 3.8) is 0 Å². The smallest absolute Gasteiger partial charge is 0.342 e. The van der Waals surface area contributed by atoms with Gasteiger partial charge in [0.1, 0.15) is 30.1 Å². The van der Waals surface area contributed by atoms with Crippen LogP contribution in [0.2, 0.25) is 0 Å². The number of carbonyl (C=O) groups excluding carboxylic acids is 1. The molecule has 0 aromatic heterocycles. The summed E-state index contributed by atoms with van der Waals surface area (Å²) in [4.78, 5) is 27.9. The molecule has 0 amide bonds. The van der Waals surface area contributed by atoms with Crippen LogP contribution >= 0.6 is 0 Å². The number of hydrogen-bond acceptors (Lipinski definition) is 8. The van der Waals surface area contributed by atoms with E-state index >= 15 is 0 Å². The third-order valence-electron chi connectivity index (χ3n) is 4.79. The monoisotopic (exact) mass is 401 g/mol. The number of benzene rings is 2. The molecule has 0 radical (unpaired) electrons. The van der Waals surface area contributed by atoms with E-state index in [0.29, 0.717) is 12.4 Å². The molecule has 2 saturated heterocycles. The van der Waals surface area contributed by atoms with Gasteiger partial charge in [0.05, 0.1) is 13.2 Å². The third kappa shape index (κ3) is 4.30. The molecule has 0 N–H and O–H groups in total. The number of fused-ring (bicyclic) bond motifs is 1. The summed E-state index contributed by atoms with van der Waals surface area (Å²) >= 11 is 0. The Hall–Kier alpha value is -3.17. The molecule has 2 aliphatic rings. The van der Waals surface area contributed by atoms with E-state index in [4.69, 9.17) is 18.9 Å². The number of nitrogens with zero attached hydrogens (tertiary/aromatic N) is 1. The average molecular weight is 401 g/mol. The summed E-state index contributed by atoms with van der Waals surface area (Å²) in [6.07, 6.45) is -2.78. The van der Waals surface area contributed by atoms with Crippen molar-refractivity contribution in [1.29, 1.82) is 0 Å². The van der Waals surface area contributed by atoms with Crippen molar-refractivity contribution in [1.82, 2.24) is 0 Å². The Kier molecular flexibility index (Phi) is 5.59. The molecule has 4 atom stereocenters. The van der Waals surface area contributed by atoms with Gasteiger partial charge >= 0.3 is 5.97 Å². The number of rotatable bonds is 7. The van der Waals surface area contributed by atoms with Gasteiger partial charge in [0.2, 0.25) is 0 Å². The summed E-state index contributed by atoms with van der Waals surface area (Å²) in [7, 11) is 0. The third-order valence-corrected chi connectivity index (χ3v) is 4.79. The van der Waals surface area contributed by atoms with Crippen molar-refractivity contribution < 1.29 is 33.7 Å². The van der Waals surface area contributed by atoms with Crippen molar-refractivity contribution in [2.45, 2.75) is 31.0 Å². The van der Waals surface area contributed by atoms with E-state index in [9.17, 15) is 14.9 Å². The number of carbonyl (C=O) groups is 1. The molecule has 0 spiro atoms. The molecule has 2 aromatic carbocycles. The first kappa shape index (κ1) is 19.2. The SMILES string of the molecule is O=C(O[C@H]1CO[C@@H]2C(O[N+](=O)[O-])CO[C@H]12)c1ccccc1OCc1ccccc1. The Labute approximate surface area is 166 Å². The molecule has 152 valence electrons. The molecule has 9 nitrogen and oxygen atoms in total. The van der Waals surface area contributed by atoms with Crippen LogP contribution in [-0.2, 0) is 25.7 Å². The van der Waals surface area contributed by atoms with Crippen LogP contribution in [-0.4, -0.2) is 48.7 Å². The predicted octanol–water partition coefficient (Wildman–Crippen LogP) is 2.17. The lowest BCUT2D eigenvalue weighted by molar-refractivity contribution is -0.769. The van der Waals surface area contributed by atoms with Gasteiger partial charge in [-0.25, -0.2) is 4.79 Å². The van der Waals surface area contributed by atoms with Gasteiger partial charge in [-0.15, -0.1) is 10.1 Å². The minimum atomic E-state index is -0.876. The van der Waals surface area contributed by atoms with Crippen molar-refractivity contribution in [3.8, 4) is 5.75 Å². The predicted molar refractivity (Wildman–Crippen MR) is 97.8 cm³/mol.